The molecule has 4 fully saturated rings. The number of hydrogen-bond donors (Lipinski definition) is 0. The Morgan fingerprint density at radius 2 is 1.76 bits per heavy atom. The number of allylic oxidation sites excluding steroid dienone is 1. The number of rotatable bonds is 1. The molecule has 6 atom stereocenters. The molecule has 0 spiro atoms. The minimum absolute atomic E-state index is 0.265. The average Bonchev–Trinajstić information content (AvgIpc) is 2.91. The first-order valence-corrected chi connectivity index (χ1v) is 10.6. The second-order valence-corrected chi connectivity index (χ2v) is 10.9. The lowest BCUT2D eigenvalue weighted by Crippen LogP contribution is -2.55. The van der Waals surface area contributed by atoms with Crippen molar-refractivity contribution in [1.82, 2.24) is 0 Å². The van der Waals surface area contributed by atoms with Gasteiger partial charge < -0.3 is 9.47 Å². The molecule has 2 nitrogen and oxygen atoms in total. The van der Waals surface area contributed by atoms with E-state index in [1.807, 2.05) is 0 Å². The van der Waals surface area contributed by atoms with Gasteiger partial charge in [-0.1, -0.05) is 32.9 Å². The van der Waals surface area contributed by atoms with E-state index >= 15 is 0 Å². The predicted octanol–water partition coefficient (Wildman–Crippen LogP) is 6.11. The topological polar surface area (TPSA) is 18.5 Å². The highest BCUT2D eigenvalue weighted by Crippen LogP contribution is 2.67. The Hall–Kier alpha value is -0.340. The van der Waals surface area contributed by atoms with E-state index in [2.05, 4.69) is 41.2 Å². The largest absolute Gasteiger partial charge is 0.348 e. The van der Waals surface area contributed by atoms with Gasteiger partial charge >= 0.3 is 0 Å². The highest BCUT2D eigenvalue weighted by atomic mass is 16.7. The van der Waals surface area contributed by atoms with E-state index in [0.29, 0.717) is 10.8 Å². The number of ether oxygens (including phenoxy) is 2. The van der Waals surface area contributed by atoms with E-state index in [1.54, 1.807) is 5.57 Å². The third-order valence-electron chi connectivity index (χ3n) is 9.02. The average molecular weight is 347 g/mol. The van der Waals surface area contributed by atoms with Gasteiger partial charge in [-0.25, -0.2) is 0 Å². The molecule has 142 valence electrons. The van der Waals surface area contributed by atoms with Crippen molar-refractivity contribution in [3.05, 3.63) is 12.2 Å². The molecule has 0 aromatic carbocycles. The highest BCUT2D eigenvalue weighted by molar-refractivity contribution is 5.20. The predicted molar refractivity (Wildman–Crippen MR) is 102 cm³/mol. The first-order valence-electron chi connectivity index (χ1n) is 10.6. The summed E-state index contributed by atoms with van der Waals surface area (Å²) in [5.74, 6) is 1.27. The van der Waals surface area contributed by atoms with Crippen molar-refractivity contribution in [1.29, 1.82) is 0 Å². The van der Waals surface area contributed by atoms with Crippen LogP contribution in [0.2, 0.25) is 0 Å². The van der Waals surface area contributed by atoms with Crippen LogP contribution < -0.4 is 0 Å². The van der Waals surface area contributed by atoms with Crippen molar-refractivity contribution in [2.45, 2.75) is 97.9 Å². The van der Waals surface area contributed by atoms with Gasteiger partial charge in [0.05, 0.1) is 12.7 Å². The van der Waals surface area contributed by atoms with Gasteiger partial charge in [0.2, 0.25) is 0 Å². The molecule has 0 amide bonds. The van der Waals surface area contributed by atoms with Crippen molar-refractivity contribution in [2.75, 3.05) is 6.61 Å². The van der Waals surface area contributed by atoms with Gasteiger partial charge in [0.25, 0.3) is 0 Å². The maximum atomic E-state index is 6.31. The third-order valence-corrected chi connectivity index (χ3v) is 9.02. The van der Waals surface area contributed by atoms with E-state index in [4.69, 9.17) is 9.47 Å². The summed E-state index contributed by atoms with van der Waals surface area (Å²) in [6.45, 7) is 17.0. The smallest absolute Gasteiger partial charge is 0.163 e. The molecule has 1 aliphatic heterocycles. The van der Waals surface area contributed by atoms with Crippen LogP contribution in [0.4, 0.5) is 0 Å². The van der Waals surface area contributed by atoms with Crippen molar-refractivity contribution in [2.24, 2.45) is 28.1 Å². The summed E-state index contributed by atoms with van der Waals surface area (Å²) < 4.78 is 12.2. The molecule has 1 heterocycles. The fourth-order valence-corrected chi connectivity index (χ4v) is 7.12. The minimum Gasteiger partial charge on any atom is -0.348 e. The number of hydrogen-bond acceptors (Lipinski definition) is 2. The van der Waals surface area contributed by atoms with Crippen LogP contribution in [-0.4, -0.2) is 18.5 Å². The Morgan fingerprint density at radius 3 is 2.44 bits per heavy atom. The summed E-state index contributed by atoms with van der Waals surface area (Å²) in [5, 5.41) is 0. The molecule has 3 aliphatic carbocycles. The zero-order valence-corrected chi connectivity index (χ0v) is 17.1. The monoisotopic (exact) mass is 346 g/mol. The van der Waals surface area contributed by atoms with Crippen LogP contribution in [0.1, 0.15) is 86.0 Å². The van der Waals surface area contributed by atoms with Crippen molar-refractivity contribution >= 4 is 0 Å². The zero-order valence-electron chi connectivity index (χ0n) is 17.1. The molecular formula is C23H38O2. The van der Waals surface area contributed by atoms with Gasteiger partial charge in [0.1, 0.15) is 0 Å². The van der Waals surface area contributed by atoms with E-state index in [-0.39, 0.29) is 11.5 Å². The lowest BCUT2D eigenvalue weighted by molar-refractivity contribution is -0.172. The van der Waals surface area contributed by atoms with Crippen LogP contribution in [0.3, 0.4) is 0 Å². The Labute approximate surface area is 154 Å². The summed E-state index contributed by atoms with van der Waals surface area (Å²) in [6.07, 6.45) is 10.9. The molecule has 0 bridgehead atoms. The molecule has 6 unspecified atom stereocenters. The van der Waals surface area contributed by atoms with Gasteiger partial charge in [0, 0.05) is 0 Å². The Kier molecular flexibility index (Phi) is 4.03. The maximum absolute atomic E-state index is 6.31. The van der Waals surface area contributed by atoms with Gasteiger partial charge in [-0.2, -0.15) is 0 Å². The molecule has 2 heteroatoms. The Morgan fingerprint density at radius 1 is 1.00 bits per heavy atom. The van der Waals surface area contributed by atoms with Crippen LogP contribution in [-0.2, 0) is 9.47 Å². The van der Waals surface area contributed by atoms with E-state index in [0.717, 1.165) is 18.4 Å². The van der Waals surface area contributed by atoms with Crippen molar-refractivity contribution in [3.63, 3.8) is 0 Å². The quantitative estimate of drug-likeness (QED) is 0.533. The van der Waals surface area contributed by atoms with Crippen LogP contribution in [0, 0.1) is 28.1 Å². The highest BCUT2D eigenvalue weighted by Gasteiger charge is 2.59. The van der Waals surface area contributed by atoms with Gasteiger partial charge in [-0.3, -0.25) is 0 Å². The van der Waals surface area contributed by atoms with Gasteiger partial charge in [0.15, 0.2) is 5.79 Å². The summed E-state index contributed by atoms with van der Waals surface area (Å²) in [4.78, 5) is 0. The normalized spacial score (nSPS) is 52.5. The Balaban J connectivity index is 1.56. The molecule has 0 aromatic heterocycles. The molecule has 1 saturated heterocycles. The fourth-order valence-electron chi connectivity index (χ4n) is 7.12. The molecule has 3 saturated carbocycles. The van der Waals surface area contributed by atoms with Gasteiger partial charge in [-0.05, 0) is 93.3 Å². The van der Waals surface area contributed by atoms with Crippen molar-refractivity contribution < 1.29 is 9.47 Å². The molecule has 0 radical (unpaired) electrons. The minimum atomic E-state index is -0.402. The zero-order chi connectivity index (χ0) is 18.1. The van der Waals surface area contributed by atoms with Crippen LogP contribution >= 0.6 is 0 Å². The van der Waals surface area contributed by atoms with Crippen LogP contribution in [0.5, 0.6) is 0 Å². The summed E-state index contributed by atoms with van der Waals surface area (Å²) in [7, 11) is 0. The first kappa shape index (κ1) is 18.0. The van der Waals surface area contributed by atoms with Crippen LogP contribution in [0.25, 0.3) is 0 Å². The lowest BCUT2D eigenvalue weighted by atomic mass is 9.42. The molecule has 4 aliphatic rings. The second-order valence-electron chi connectivity index (χ2n) is 10.9. The van der Waals surface area contributed by atoms with Crippen LogP contribution in [0.15, 0.2) is 12.2 Å². The SMILES string of the molecule is C=C1CCCC2C1(C)CCC1CC(C)(C3COC(C)(C)O3)CCC12C. The van der Waals surface area contributed by atoms with E-state index in [9.17, 15) is 0 Å². The van der Waals surface area contributed by atoms with Gasteiger partial charge in [-0.15, -0.1) is 0 Å². The summed E-state index contributed by atoms with van der Waals surface area (Å²) in [5.41, 5.74) is 2.71. The van der Waals surface area contributed by atoms with E-state index in [1.165, 1.54) is 51.4 Å². The molecule has 25 heavy (non-hydrogen) atoms. The van der Waals surface area contributed by atoms with E-state index < -0.39 is 5.79 Å². The summed E-state index contributed by atoms with van der Waals surface area (Å²) in [6, 6.07) is 0. The fraction of sp³-hybridized carbons (Fsp3) is 0.913. The molecule has 4 rings (SSSR count). The second kappa shape index (κ2) is 5.58. The lowest BCUT2D eigenvalue weighted by Gasteiger charge is -2.63. The third kappa shape index (κ3) is 2.65. The van der Waals surface area contributed by atoms with Crippen molar-refractivity contribution in [3.8, 4) is 0 Å². The Bertz CT molecular complexity index is 566. The molecule has 0 N–H and O–H groups in total. The standard InChI is InChI=1S/C23H38O2/c1-16-8-7-9-18-22(16,5)11-10-17-14-21(4,12-13-23(17,18)6)19-15-24-20(2,3)25-19/h17-19H,1,7-15H2,2-6H3. The number of fused-ring (bicyclic) bond motifs is 3. The molecular weight excluding hydrogens is 308 g/mol. The molecule has 0 aromatic rings. The first-order chi connectivity index (χ1) is 11.6. The summed E-state index contributed by atoms with van der Waals surface area (Å²) >= 11 is 0. The maximum Gasteiger partial charge on any atom is 0.163 e.